The van der Waals surface area contributed by atoms with Gasteiger partial charge in [0.05, 0.1) is 0 Å². The normalized spacial score (nSPS) is 10.7. The molecule has 0 fully saturated rings. The summed E-state index contributed by atoms with van der Waals surface area (Å²) >= 11 is 0. The van der Waals surface area contributed by atoms with Crippen LogP contribution in [-0.2, 0) is 5.41 Å². The van der Waals surface area contributed by atoms with E-state index >= 15 is 0 Å². The van der Waals surface area contributed by atoms with E-state index in [9.17, 15) is 0 Å². The van der Waals surface area contributed by atoms with Crippen LogP contribution in [0, 0.1) is 5.41 Å². The van der Waals surface area contributed by atoms with Crippen LogP contribution in [0.25, 0.3) is 31.3 Å². The Morgan fingerprint density at radius 1 is 0.697 bits per heavy atom. The Bertz CT molecular complexity index is 790. The molecule has 0 aromatic heterocycles. The SMILES string of the molecule is CC(C)(C)CCCCCCN=[N+]=[N-].CC(C)(C)N=[N+]=[N-].CC(C)(C)c1ccc(N=[N+]=[N-])cc1. The number of benzene rings is 1. The third kappa shape index (κ3) is 23.6. The van der Waals surface area contributed by atoms with Gasteiger partial charge >= 0.3 is 0 Å². The molecule has 0 aliphatic carbocycles. The van der Waals surface area contributed by atoms with E-state index in [4.69, 9.17) is 16.6 Å². The minimum absolute atomic E-state index is 0.148. The van der Waals surface area contributed by atoms with Crippen LogP contribution in [0.4, 0.5) is 5.69 Å². The first-order valence-corrected chi connectivity index (χ1v) is 11.4. The van der Waals surface area contributed by atoms with Gasteiger partial charge in [-0.25, -0.2) is 0 Å². The quantitative estimate of drug-likeness (QED) is 0.166. The number of nitrogens with zero attached hydrogens (tertiary/aromatic N) is 9. The molecule has 0 spiro atoms. The third-order valence-corrected chi connectivity index (χ3v) is 4.24. The van der Waals surface area contributed by atoms with Crippen molar-refractivity contribution >= 4 is 5.69 Å². The first-order valence-electron chi connectivity index (χ1n) is 11.4. The van der Waals surface area contributed by atoms with Gasteiger partial charge in [0.15, 0.2) is 0 Å². The van der Waals surface area contributed by atoms with Crippen molar-refractivity contribution in [2.75, 3.05) is 6.54 Å². The molecule has 33 heavy (non-hydrogen) atoms. The monoisotopic (exact) mass is 457 g/mol. The second-order valence-corrected chi connectivity index (χ2v) is 11.0. The van der Waals surface area contributed by atoms with Gasteiger partial charge in [0.2, 0.25) is 0 Å². The van der Waals surface area contributed by atoms with Gasteiger partial charge in [0.1, 0.15) is 0 Å². The summed E-state index contributed by atoms with van der Waals surface area (Å²) in [7, 11) is 0. The maximum Gasteiger partial charge on any atom is 0.0403 e. The molecule has 0 unspecified atom stereocenters. The van der Waals surface area contributed by atoms with Crippen molar-refractivity contribution < 1.29 is 0 Å². The van der Waals surface area contributed by atoms with Gasteiger partial charge in [-0.05, 0) is 45.8 Å². The van der Waals surface area contributed by atoms with E-state index in [1.165, 1.54) is 31.2 Å². The summed E-state index contributed by atoms with van der Waals surface area (Å²) in [5, 5.41) is 10.4. The summed E-state index contributed by atoms with van der Waals surface area (Å²) in [6, 6.07) is 7.65. The van der Waals surface area contributed by atoms with E-state index in [0.29, 0.717) is 17.6 Å². The van der Waals surface area contributed by atoms with Crippen LogP contribution in [0.1, 0.15) is 100.0 Å². The first-order chi connectivity index (χ1) is 15.2. The van der Waals surface area contributed by atoms with Gasteiger partial charge in [0.25, 0.3) is 0 Å². The van der Waals surface area contributed by atoms with Crippen molar-refractivity contribution in [2.24, 2.45) is 20.8 Å². The van der Waals surface area contributed by atoms with E-state index < -0.39 is 0 Å². The van der Waals surface area contributed by atoms with Crippen LogP contribution in [0.3, 0.4) is 0 Å². The molecule has 0 aliphatic rings. The Kier molecular flexibility index (Phi) is 16.4. The van der Waals surface area contributed by atoms with E-state index in [0.717, 1.165) is 6.42 Å². The Labute approximate surface area is 199 Å². The summed E-state index contributed by atoms with van der Waals surface area (Å²) in [6.07, 6.45) is 6.07. The fraction of sp³-hybridized carbons (Fsp3) is 0.750. The lowest BCUT2D eigenvalue weighted by Gasteiger charge is -2.18. The summed E-state index contributed by atoms with van der Waals surface area (Å²) < 4.78 is 0. The van der Waals surface area contributed by atoms with Crippen molar-refractivity contribution in [1.29, 1.82) is 0 Å². The molecule has 1 aromatic rings. The molecule has 9 heteroatoms. The van der Waals surface area contributed by atoms with Crippen LogP contribution in [-0.4, -0.2) is 12.1 Å². The number of azide groups is 3. The molecule has 9 nitrogen and oxygen atoms in total. The van der Waals surface area contributed by atoms with Crippen molar-refractivity contribution in [3.05, 3.63) is 61.2 Å². The molecule has 0 aliphatic heterocycles. The Balaban J connectivity index is 0. The average Bonchev–Trinajstić information content (AvgIpc) is 2.66. The highest BCUT2D eigenvalue weighted by molar-refractivity contribution is 5.40. The number of hydrogen-bond acceptors (Lipinski definition) is 3. The molecule has 0 amide bonds. The van der Waals surface area contributed by atoms with E-state index in [2.05, 4.69) is 71.6 Å². The van der Waals surface area contributed by atoms with Crippen LogP contribution in [0.15, 0.2) is 39.6 Å². The zero-order chi connectivity index (χ0) is 26.0. The van der Waals surface area contributed by atoms with Crippen LogP contribution >= 0.6 is 0 Å². The van der Waals surface area contributed by atoms with Gasteiger partial charge in [-0.2, -0.15) is 0 Å². The molecule has 0 saturated carbocycles. The zero-order valence-electron chi connectivity index (χ0n) is 22.1. The smallest absolute Gasteiger partial charge is 0.0403 e. The van der Waals surface area contributed by atoms with E-state index in [1.54, 1.807) is 0 Å². The van der Waals surface area contributed by atoms with Crippen molar-refractivity contribution in [3.63, 3.8) is 0 Å². The molecular weight excluding hydrogens is 414 g/mol. The standard InChI is InChI=1S/C10H13N3.C10H21N3.C4H9N3/c1-10(2,3)8-4-6-9(7-5-8)12-13-11;1-10(2,3)8-6-4-5-7-9-12-13-11;1-4(2,3)6-7-5/h4-7H,1-3H3;4-9H2,1-3H3;1-3H3. The van der Waals surface area contributed by atoms with Gasteiger partial charge in [-0.3, -0.25) is 0 Å². The molecule has 0 heterocycles. The number of rotatable bonds is 7. The third-order valence-electron chi connectivity index (χ3n) is 4.24. The molecule has 0 bridgehead atoms. The summed E-state index contributed by atoms with van der Waals surface area (Å²) in [4.78, 5) is 8.07. The maximum atomic E-state index is 8.21. The Morgan fingerprint density at radius 3 is 1.61 bits per heavy atom. The highest BCUT2D eigenvalue weighted by Gasteiger charge is 2.12. The van der Waals surface area contributed by atoms with Gasteiger partial charge in [0, 0.05) is 32.5 Å². The Morgan fingerprint density at radius 2 is 1.24 bits per heavy atom. The minimum atomic E-state index is -0.241. The van der Waals surface area contributed by atoms with Crippen LogP contribution < -0.4 is 0 Å². The molecule has 1 aromatic carbocycles. The van der Waals surface area contributed by atoms with Gasteiger partial charge < -0.3 is 0 Å². The van der Waals surface area contributed by atoms with E-state index in [-0.39, 0.29) is 11.0 Å². The van der Waals surface area contributed by atoms with Crippen molar-refractivity contribution in [1.82, 2.24) is 0 Å². The van der Waals surface area contributed by atoms with Crippen LogP contribution in [0.2, 0.25) is 0 Å². The topological polar surface area (TPSA) is 146 Å². The lowest BCUT2D eigenvalue weighted by molar-refractivity contribution is 0.357. The summed E-state index contributed by atoms with van der Waals surface area (Å²) in [5.41, 5.74) is 26.4. The fourth-order valence-electron chi connectivity index (χ4n) is 2.45. The predicted molar refractivity (Wildman–Crippen MR) is 139 cm³/mol. The number of hydrogen-bond donors (Lipinski definition) is 0. The second kappa shape index (κ2) is 16.7. The molecule has 0 saturated heterocycles. The molecular formula is C24H43N9. The number of unbranched alkanes of at least 4 members (excludes halogenated alkanes) is 3. The van der Waals surface area contributed by atoms with Crippen LogP contribution in [0.5, 0.6) is 0 Å². The lowest BCUT2D eigenvalue weighted by atomic mass is 9.87. The molecule has 1 rings (SSSR count). The molecule has 184 valence electrons. The largest absolute Gasteiger partial charge is 0.0940 e. The van der Waals surface area contributed by atoms with Crippen molar-refractivity contribution in [2.45, 2.75) is 105 Å². The molecule has 0 radical (unpaired) electrons. The lowest BCUT2D eigenvalue weighted by Crippen LogP contribution is -2.10. The summed E-state index contributed by atoms with van der Waals surface area (Å²) in [6.45, 7) is 19.5. The highest BCUT2D eigenvalue weighted by atomic mass is 15.2. The zero-order valence-corrected chi connectivity index (χ0v) is 22.1. The second-order valence-electron chi connectivity index (χ2n) is 11.0. The average molecular weight is 458 g/mol. The predicted octanol–water partition coefficient (Wildman–Crippen LogP) is 10.3. The minimum Gasteiger partial charge on any atom is -0.0940 e. The van der Waals surface area contributed by atoms with Gasteiger partial charge in [-0.1, -0.05) is 121 Å². The Hall–Kier alpha value is -2.85. The van der Waals surface area contributed by atoms with Gasteiger partial charge in [-0.15, -0.1) is 0 Å². The summed E-state index contributed by atoms with van der Waals surface area (Å²) in [5.74, 6) is 0. The highest BCUT2D eigenvalue weighted by Crippen LogP contribution is 2.24. The maximum absolute atomic E-state index is 8.21. The van der Waals surface area contributed by atoms with E-state index in [1.807, 2.05) is 45.0 Å². The first kappa shape index (κ1) is 32.3. The molecule has 0 N–H and O–H groups in total. The molecule has 0 atom stereocenters. The fourth-order valence-corrected chi connectivity index (χ4v) is 2.45. The van der Waals surface area contributed by atoms with Crippen molar-refractivity contribution in [3.8, 4) is 0 Å².